The summed E-state index contributed by atoms with van der Waals surface area (Å²) in [6.07, 6.45) is -0.817. The molecule has 1 atom stereocenters. The van der Waals surface area contributed by atoms with Gasteiger partial charge in [0.1, 0.15) is 0 Å². The molecule has 0 aliphatic carbocycles. The molecule has 2 aromatic rings. The molecule has 0 spiro atoms. The molecule has 23 heavy (non-hydrogen) atoms. The zero-order valence-corrected chi connectivity index (χ0v) is 12.7. The van der Waals surface area contributed by atoms with Crippen LogP contribution in [0.15, 0.2) is 42.7 Å². The van der Waals surface area contributed by atoms with Crippen molar-refractivity contribution in [2.45, 2.75) is 24.7 Å². The predicted octanol–water partition coefficient (Wildman–Crippen LogP) is 2.67. The zero-order valence-electron chi connectivity index (χ0n) is 12.7. The van der Waals surface area contributed by atoms with Gasteiger partial charge in [0.2, 0.25) is 0 Å². The minimum atomic E-state index is -4.41. The second kappa shape index (κ2) is 5.65. The smallest absolute Gasteiger partial charge is 0.384 e. The van der Waals surface area contributed by atoms with Crippen molar-refractivity contribution in [3.05, 3.63) is 53.9 Å². The SMILES string of the molecule is C[C@@](O)(CN1CC(n2cccn2)C1)c1cccc(C(F)(F)F)c1. The average molecular weight is 325 g/mol. The van der Waals surface area contributed by atoms with Gasteiger partial charge in [-0.25, -0.2) is 0 Å². The normalized spacial score (nSPS) is 19.3. The Morgan fingerprint density at radius 1 is 1.22 bits per heavy atom. The third kappa shape index (κ3) is 3.40. The van der Waals surface area contributed by atoms with E-state index in [0.29, 0.717) is 0 Å². The second-order valence-electron chi connectivity index (χ2n) is 6.19. The molecule has 124 valence electrons. The molecule has 1 aromatic heterocycles. The summed E-state index contributed by atoms with van der Waals surface area (Å²) >= 11 is 0. The van der Waals surface area contributed by atoms with Gasteiger partial charge in [-0.2, -0.15) is 18.3 Å². The number of halogens is 3. The fourth-order valence-electron chi connectivity index (χ4n) is 2.89. The van der Waals surface area contributed by atoms with Crippen molar-refractivity contribution in [1.82, 2.24) is 14.7 Å². The zero-order chi connectivity index (χ0) is 16.7. The number of hydrogen-bond acceptors (Lipinski definition) is 3. The Hall–Kier alpha value is -1.86. The number of aliphatic hydroxyl groups is 1. The molecule has 0 unspecified atom stereocenters. The number of likely N-dealkylation sites (tertiary alicyclic amines) is 1. The maximum Gasteiger partial charge on any atom is 0.416 e. The standard InChI is InChI=1S/C16H18F3N3O/c1-15(23,12-4-2-5-13(8-12)16(17,18)19)11-21-9-14(10-21)22-7-3-6-20-22/h2-8,14,23H,9-11H2,1H3/t15-/m1/s1. The van der Waals surface area contributed by atoms with Crippen LogP contribution >= 0.6 is 0 Å². The maximum absolute atomic E-state index is 12.8. The Bertz CT molecular complexity index is 661. The van der Waals surface area contributed by atoms with Crippen LogP contribution in [0.25, 0.3) is 0 Å². The minimum absolute atomic E-state index is 0.252. The molecule has 3 rings (SSSR count). The quantitative estimate of drug-likeness (QED) is 0.940. The molecule has 0 bridgehead atoms. The van der Waals surface area contributed by atoms with E-state index in [1.165, 1.54) is 12.1 Å². The number of alkyl halides is 3. The number of nitrogens with zero attached hydrogens (tertiary/aromatic N) is 3. The first-order chi connectivity index (χ1) is 10.8. The first-order valence-electron chi connectivity index (χ1n) is 7.37. The molecule has 7 heteroatoms. The Labute approximate surface area is 132 Å². The maximum atomic E-state index is 12.8. The van der Waals surface area contributed by atoms with Gasteiger partial charge >= 0.3 is 6.18 Å². The number of rotatable bonds is 4. The third-order valence-corrected chi connectivity index (χ3v) is 4.18. The first kappa shape index (κ1) is 16.0. The van der Waals surface area contributed by atoms with Crippen LogP contribution in [0.1, 0.15) is 24.1 Å². The Morgan fingerprint density at radius 2 is 1.91 bits per heavy atom. The van der Waals surface area contributed by atoms with Gasteiger partial charge in [0.25, 0.3) is 0 Å². The number of aromatic nitrogens is 2. The molecule has 0 saturated carbocycles. The van der Waals surface area contributed by atoms with Crippen molar-refractivity contribution in [2.75, 3.05) is 19.6 Å². The van der Waals surface area contributed by atoms with E-state index in [0.717, 1.165) is 25.2 Å². The van der Waals surface area contributed by atoms with Gasteiger partial charge in [0.05, 0.1) is 17.2 Å². The van der Waals surface area contributed by atoms with Crippen molar-refractivity contribution in [2.24, 2.45) is 0 Å². The molecule has 0 amide bonds. The van der Waals surface area contributed by atoms with Crippen molar-refractivity contribution >= 4 is 0 Å². The molecule has 4 nitrogen and oxygen atoms in total. The minimum Gasteiger partial charge on any atom is -0.384 e. The Balaban J connectivity index is 1.66. The molecule has 1 aliphatic rings. The molecule has 1 N–H and O–H groups in total. The summed E-state index contributed by atoms with van der Waals surface area (Å²) in [4.78, 5) is 2.01. The predicted molar refractivity (Wildman–Crippen MR) is 78.7 cm³/mol. The Morgan fingerprint density at radius 3 is 2.52 bits per heavy atom. The summed E-state index contributed by atoms with van der Waals surface area (Å²) in [5.41, 5.74) is -1.81. The first-order valence-corrected chi connectivity index (χ1v) is 7.37. The van der Waals surface area contributed by atoms with Gasteiger partial charge in [-0.1, -0.05) is 12.1 Å². The van der Waals surface area contributed by atoms with Gasteiger partial charge in [-0.15, -0.1) is 0 Å². The second-order valence-corrected chi connectivity index (χ2v) is 6.19. The summed E-state index contributed by atoms with van der Waals surface area (Å²) in [6, 6.07) is 6.99. The van der Waals surface area contributed by atoms with E-state index < -0.39 is 17.3 Å². The summed E-state index contributed by atoms with van der Waals surface area (Å²) in [5, 5.41) is 14.8. The highest BCUT2D eigenvalue weighted by atomic mass is 19.4. The molecule has 2 heterocycles. The van der Waals surface area contributed by atoms with E-state index >= 15 is 0 Å². The number of benzene rings is 1. The van der Waals surface area contributed by atoms with Gasteiger partial charge in [-0.3, -0.25) is 9.58 Å². The monoisotopic (exact) mass is 325 g/mol. The van der Waals surface area contributed by atoms with E-state index in [-0.39, 0.29) is 18.2 Å². The Kier molecular flexibility index (Phi) is 3.93. The fourth-order valence-corrected chi connectivity index (χ4v) is 2.89. The number of hydrogen-bond donors (Lipinski definition) is 1. The highest BCUT2D eigenvalue weighted by Gasteiger charge is 2.36. The molecular formula is C16H18F3N3O. The molecule has 1 saturated heterocycles. The van der Waals surface area contributed by atoms with E-state index in [2.05, 4.69) is 5.10 Å². The summed E-state index contributed by atoms with van der Waals surface area (Å²) in [7, 11) is 0. The van der Waals surface area contributed by atoms with Crippen molar-refractivity contribution in [1.29, 1.82) is 0 Å². The fraction of sp³-hybridized carbons (Fsp3) is 0.438. The van der Waals surface area contributed by atoms with Crippen LogP contribution in [0.5, 0.6) is 0 Å². The summed E-state index contributed by atoms with van der Waals surface area (Å²) in [6.45, 7) is 3.27. The van der Waals surface area contributed by atoms with Crippen molar-refractivity contribution < 1.29 is 18.3 Å². The van der Waals surface area contributed by atoms with Crippen LogP contribution in [0.2, 0.25) is 0 Å². The van der Waals surface area contributed by atoms with Crippen LogP contribution in [-0.4, -0.2) is 39.4 Å². The molecular weight excluding hydrogens is 307 g/mol. The lowest BCUT2D eigenvalue weighted by Crippen LogP contribution is -2.52. The highest BCUT2D eigenvalue weighted by molar-refractivity contribution is 5.30. The van der Waals surface area contributed by atoms with Gasteiger partial charge in [0, 0.05) is 32.0 Å². The highest BCUT2D eigenvalue weighted by Crippen LogP contribution is 2.33. The van der Waals surface area contributed by atoms with Gasteiger partial charge in [-0.05, 0) is 30.7 Å². The summed E-state index contributed by atoms with van der Waals surface area (Å²) in [5.74, 6) is 0. The van der Waals surface area contributed by atoms with Crippen LogP contribution < -0.4 is 0 Å². The molecule has 1 fully saturated rings. The van der Waals surface area contributed by atoms with E-state index in [9.17, 15) is 18.3 Å². The third-order valence-electron chi connectivity index (χ3n) is 4.18. The molecule has 0 radical (unpaired) electrons. The lowest BCUT2D eigenvalue weighted by molar-refractivity contribution is -0.137. The molecule has 1 aliphatic heterocycles. The van der Waals surface area contributed by atoms with Gasteiger partial charge < -0.3 is 5.11 Å². The van der Waals surface area contributed by atoms with Gasteiger partial charge in [0.15, 0.2) is 0 Å². The van der Waals surface area contributed by atoms with E-state index in [1.807, 2.05) is 21.8 Å². The topological polar surface area (TPSA) is 41.3 Å². The average Bonchev–Trinajstić information content (AvgIpc) is 2.95. The lowest BCUT2D eigenvalue weighted by Gasteiger charge is -2.42. The number of β-amino-alcohol motifs (C(OH)–C–C–N with tert-alkyl or cyclic N) is 1. The van der Waals surface area contributed by atoms with Crippen LogP contribution in [-0.2, 0) is 11.8 Å². The van der Waals surface area contributed by atoms with Crippen LogP contribution in [0, 0.1) is 0 Å². The van der Waals surface area contributed by atoms with Crippen molar-refractivity contribution in [3.63, 3.8) is 0 Å². The van der Waals surface area contributed by atoms with Crippen LogP contribution in [0.3, 0.4) is 0 Å². The molecule has 1 aromatic carbocycles. The van der Waals surface area contributed by atoms with E-state index in [1.54, 1.807) is 13.1 Å². The van der Waals surface area contributed by atoms with Crippen molar-refractivity contribution in [3.8, 4) is 0 Å². The van der Waals surface area contributed by atoms with Crippen LogP contribution in [0.4, 0.5) is 13.2 Å². The van der Waals surface area contributed by atoms with E-state index in [4.69, 9.17) is 0 Å². The summed E-state index contributed by atoms with van der Waals surface area (Å²) < 4.78 is 40.3. The largest absolute Gasteiger partial charge is 0.416 e. The lowest BCUT2D eigenvalue weighted by atomic mass is 9.92.